The van der Waals surface area contributed by atoms with E-state index in [4.69, 9.17) is 4.74 Å². The number of ether oxygens (including phenoxy) is 1. The Morgan fingerprint density at radius 3 is 2.40 bits per heavy atom. The molecule has 1 aliphatic rings. The van der Waals surface area contributed by atoms with Gasteiger partial charge in [-0.15, -0.1) is 0 Å². The van der Waals surface area contributed by atoms with Crippen molar-refractivity contribution in [3.05, 3.63) is 42.1 Å². The van der Waals surface area contributed by atoms with E-state index in [1.54, 1.807) is 4.90 Å². The second-order valence-electron chi connectivity index (χ2n) is 6.58. The number of hydrogen-bond acceptors (Lipinski definition) is 3. The lowest BCUT2D eigenvalue weighted by Crippen LogP contribution is -3.10. The number of quaternary nitrogens is 1. The molecule has 6 nitrogen and oxygen atoms in total. The Hall–Kier alpha value is -2.34. The zero-order valence-electron chi connectivity index (χ0n) is 15.2. The van der Waals surface area contributed by atoms with Crippen LogP contribution in [0.25, 0.3) is 6.08 Å². The van der Waals surface area contributed by atoms with Crippen LogP contribution in [0.1, 0.15) is 19.4 Å². The summed E-state index contributed by atoms with van der Waals surface area (Å²) in [7, 11) is 1.34. The minimum absolute atomic E-state index is 0.0166. The number of amides is 2. The van der Waals surface area contributed by atoms with Gasteiger partial charge in [-0.3, -0.25) is 0 Å². The van der Waals surface area contributed by atoms with E-state index in [1.807, 2.05) is 32.0 Å². The summed E-state index contributed by atoms with van der Waals surface area (Å²) in [6.07, 6.45) is 4.26. The number of nitrogens with one attached hydrogen (secondary N) is 2. The number of carbonyl (C=O) groups is 2. The number of nitrogens with zero attached hydrogens (tertiary/aromatic N) is 1. The molecule has 136 valence electrons. The fourth-order valence-electron chi connectivity index (χ4n) is 2.79. The molecule has 1 heterocycles. The third-order valence-electron chi connectivity index (χ3n) is 4.40. The van der Waals surface area contributed by atoms with Gasteiger partial charge in [0.1, 0.15) is 6.04 Å². The van der Waals surface area contributed by atoms with Crippen molar-refractivity contribution < 1.29 is 19.2 Å². The van der Waals surface area contributed by atoms with E-state index in [-0.39, 0.29) is 11.9 Å². The molecule has 1 aromatic rings. The van der Waals surface area contributed by atoms with Crippen LogP contribution in [0.15, 0.2) is 36.5 Å². The van der Waals surface area contributed by atoms with Gasteiger partial charge in [0.05, 0.1) is 39.5 Å². The fourth-order valence-corrected chi connectivity index (χ4v) is 2.79. The quantitative estimate of drug-likeness (QED) is 0.774. The van der Waals surface area contributed by atoms with E-state index in [9.17, 15) is 9.59 Å². The molecule has 1 aromatic carbocycles. The minimum atomic E-state index is -0.610. The fraction of sp³-hybridized carbons (Fsp3) is 0.474. The zero-order chi connectivity index (χ0) is 18.2. The van der Waals surface area contributed by atoms with Crippen LogP contribution in [-0.4, -0.2) is 56.2 Å². The Bertz CT molecular complexity index is 593. The van der Waals surface area contributed by atoms with E-state index in [0.29, 0.717) is 13.1 Å². The molecule has 2 amide bonds. The van der Waals surface area contributed by atoms with Gasteiger partial charge in [-0.05, 0) is 17.6 Å². The number of piperazine rings is 1. The first-order valence-corrected chi connectivity index (χ1v) is 8.72. The van der Waals surface area contributed by atoms with Gasteiger partial charge in [-0.25, -0.2) is 9.59 Å². The summed E-state index contributed by atoms with van der Waals surface area (Å²) in [5.41, 5.74) is 1.17. The standard InChI is InChI=1S/C19H27N3O3/c1-15(2)17(18(23)25-3)20-19(24)22-13-11-21(12-14-22)10-9-16-7-5-4-6-8-16/h4-10,15,17H,11-14H2,1-3H3,(H,20,24)/p+1/b10-9+/t17-/m0/s1. The normalized spacial score (nSPS) is 16.9. The third kappa shape index (κ3) is 5.60. The lowest BCUT2D eigenvalue weighted by atomic mass is 10.1. The summed E-state index contributed by atoms with van der Waals surface area (Å²) >= 11 is 0. The van der Waals surface area contributed by atoms with Gasteiger partial charge >= 0.3 is 12.0 Å². The van der Waals surface area contributed by atoms with Crippen LogP contribution < -0.4 is 10.2 Å². The summed E-state index contributed by atoms with van der Waals surface area (Å²) in [5, 5.41) is 2.79. The van der Waals surface area contributed by atoms with E-state index >= 15 is 0 Å². The molecule has 0 bridgehead atoms. The highest BCUT2D eigenvalue weighted by Gasteiger charge is 2.29. The monoisotopic (exact) mass is 346 g/mol. The molecule has 1 saturated heterocycles. The van der Waals surface area contributed by atoms with Crippen LogP contribution in [-0.2, 0) is 9.53 Å². The number of carbonyl (C=O) groups excluding carboxylic acids is 2. The smallest absolute Gasteiger partial charge is 0.328 e. The molecule has 1 aliphatic heterocycles. The summed E-state index contributed by atoms with van der Waals surface area (Å²) < 4.78 is 4.77. The molecule has 2 N–H and O–H groups in total. The Balaban J connectivity index is 1.83. The summed E-state index contributed by atoms with van der Waals surface area (Å²) in [6, 6.07) is 9.36. The van der Waals surface area contributed by atoms with Gasteiger partial charge in [0.15, 0.2) is 0 Å². The largest absolute Gasteiger partial charge is 0.467 e. The molecule has 1 fully saturated rings. The number of rotatable bonds is 5. The predicted molar refractivity (Wildman–Crippen MR) is 96.9 cm³/mol. The average molecular weight is 346 g/mol. The first kappa shape index (κ1) is 19.0. The van der Waals surface area contributed by atoms with E-state index in [0.717, 1.165) is 13.1 Å². The summed E-state index contributed by atoms with van der Waals surface area (Å²) in [5.74, 6) is -0.421. The molecule has 0 unspecified atom stereocenters. The molecule has 25 heavy (non-hydrogen) atoms. The molecule has 2 rings (SSSR count). The molecular weight excluding hydrogens is 318 g/mol. The summed E-state index contributed by atoms with van der Waals surface area (Å²) in [4.78, 5) is 27.3. The highest BCUT2D eigenvalue weighted by atomic mass is 16.5. The van der Waals surface area contributed by atoms with Gasteiger partial charge in [-0.2, -0.15) is 0 Å². The van der Waals surface area contributed by atoms with Gasteiger partial charge in [-0.1, -0.05) is 44.2 Å². The SMILES string of the molecule is COC(=O)[C@@H](NC(=O)N1CC[NH+](/C=C/c2ccccc2)CC1)C(C)C. The van der Waals surface area contributed by atoms with Crippen molar-refractivity contribution in [3.8, 4) is 0 Å². The number of hydrogen-bond donors (Lipinski definition) is 2. The number of methoxy groups -OCH3 is 1. The van der Waals surface area contributed by atoms with Crippen LogP contribution in [0.4, 0.5) is 4.79 Å². The van der Waals surface area contributed by atoms with Gasteiger partial charge in [0.2, 0.25) is 0 Å². The van der Waals surface area contributed by atoms with Gasteiger partial charge in [0.25, 0.3) is 0 Å². The van der Waals surface area contributed by atoms with Crippen LogP contribution in [0.2, 0.25) is 0 Å². The Kier molecular flexibility index (Phi) is 7.01. The van der Waals surface area contributed by atoms with Crippen molar-refractivity contribution in [2.24, 2.45) is 5.92 Å². The number of urea groups is 1. The van der Waals surface area contributed by atoms with Crippen molar-refractivity contribution >= 4 is 18.1 Å². The molecule has 0 radical (unpaired) electrons. The maximum absolute atomic E-state index is 12.4. The second kappa shape index (κ2) is 9.22. The van der Waals surface area contributed by atoms with Crippen LogP contribution >= 0.6 is 0 Å². The Morgan fingerprint density at radius 2 is 1.84 bits per heavy atom. The minimum Gasteiger partial charge on any atom is -0.467 e. The van der Waals surface area contributed by atoms with E-state index < -0.39 is 12.0 Å². The maximum atomic E-state index is 12.4. The van der Waals surface area contributed by atoms with Gasteiger partial charge < -0.3 is 19.9 Å². The molecule has 6 heteroatoms. The lowest BCUT2D eigenvalue weighted by Gasteiger charge is -2.32. The molecule has 0 aliphatic carbocycles. The van der Waals surface area contributed by atoms with Crippen molar-refractivity contribution in [2.75, 3.05) is 33.3 Å². The number of benzene rings is 1. The number of esters is 1. The topological polar surface area (TPSA) is 63.1 Å². The highest BCUT2D eigenvalue weighted by Crippen LogP contribution is 2.05. The average Bonchev–Trinajstić information content (AvgIpc) is 2.64. The third-order valence-corrected chi connectivity index (χ3v) is 4.40. The lowest BCUT2D eigenvalue weighted by molar-refractivity contribution is -0.850. The Labute approximate surface area is 149 Å². The molecule has 0 aromatic heterocycles. The van der Waals surface area contributed by atoms with E-state index in [1.165, 1.54) is 17.6 Å². The molecule has 1 atom stereocenters. The second-order valence-corrected chi connectivity index (χ2v) is 6.58. The predicted octanol–water partition coefficient (Wildman–Crippen LogP) is 0.765. The van der Waals surface area contributed by atoms with Crippen LogP contribution in [0, 0.1) is 5.92 Å². The first-order valence-electron chi connectivity index (χ1n) is 8.72. The van der Waals surface area contributed by atoms with E-state index in [2.05, 4.69) is 29.7 Å². The van der Waals surface area contributed by atoms with Crippen molar-refractivity contribution in [2.45, 2.75) is 19.9 Å². The zero-order valence-corrected chi connectivity index (χ0v) is 15.2. The maximum Gasteiger partial charge on any atom is 0.328 e. The van der Waals surface area contributed by atoms with Crippen LogP contribution in [0.3, 0.4) is 0 Å². The Morgan fingerprint density at radius 1 is 1.20 bits per heavy atom. The van der Waals surface area contributed by atoms with Crippen molar-refractivity contribution in [3.63, 3.8) is 0 Å². The summed E-state index contributed by atoms with van der Waals surface area (Å²) in [6.45, 7) is 6.79. The molecule has 0 saturated carbocycles. The van der Waals surface area contributed by atoms with Crippen molar-refractivity contribution in [1.82, 2.24) is 10.2 Å². The highest BCUT2D eigenvalue weighted by molar-refractivity contribution is 5.83. The molecule has 0 spiro atoms. The van der Waals surface area contributed by atoms with Gasteiger partial charge in [0, 0.05) is 0 Å². The van der Waals surface area contributed by atoms with Crippen molar-refractivity contribution in [1.29, 1.82) is 0 Å². The first-order chi connectivity index (χ1) is 12.0. The molecular formula is C19H28N3O3+. The van der Waals surface area contributed by atoms with Crippen LogP contribution in [0.5, 0.6) is 0 Å².